The van der Waals surface area contributed by atoms with E-state index >= 15 is 0 Å². The zero-order valence-electron chi connectivity index (χ0n) is 9.80. The summed E-state index contributed by atoms with van der Waals surface area (Å²) in [6, 6.07) is 1.60. The van der Waals surface area contributed by atoms with Crippen LogP contribution in [0.15, 0.2) is 11.2 Å². The van der Waals surface area contributed by atoms with Crippen LogP contribution < -0.4 is 11.5 Å². The minimum absolute atomic E-state index is 0.466. The maximum atomic E-state index is 5.66. The lowest BCUT2D eigenvalue weighted by Gasteiger charge is -2.20. The standard InChI is InChI=1S/C12H18N4S/c13-10-5-11(14)16-12(15-10)17-6-9-4-7-1-2-8(9)3-7/h5,7-9H,1-4,6H2,(H4,13,14,15,16). The van der Waals surface area contributed by atoms with Gasteiger partial charge in [-0.25, -0.2) is 9.97 Å². The molecule has 3 rings (SSSR count). The van der Waals surface area contributed by atoms with Gasteiger partial charge in [-0.1, -0.05) is 18.2 Å². The van der Waals surface area contributed by atoms with Crippen molar-refractivity contribution in [1.29, 1.82) is 0 Å². The second-order valence-corrected chi connectivity index (χ2v) is 6.23. The Morgan fingerprint density at radius 2 is 1.94 bits per heavy atom. The van der Waals surface area contributed by atoms with Crippen LogP contribution in [-0.4, -0.2) is 15.7 Å². The fraction of sp³-hybridized carbons (Fsp3) is 0.667. The molecule has 2 aliphatic rings. The zero-order valence-corrected chi connectivity index (χ0v) is 10.6. The Labute approximate surface area is 106 Å². The van der Waals surface area contributed by atoms with E-state index in [0.717, 1.165) is 28.7 Å². The summed E-state index contributed by atoms with van der Waals surface area (Å²) in [7, 11) is 0. The molecule has 0 spiro atoms. The minimum Gasteiger partial charge on any atom is -0.383 e. The number of anilines is 2. The van der Waals surface area contributed by atoms with Gasteiger partial charge in [-0.3, -0.25) is 0 Å². The van der Waals surface area contributed by atoms with Gasteiger partial charge in [0.1, 0.15) is 11.6 Å². The summed E-state index contributed by atoms with van der Waals surface area (Å²) in [5.74, 6) is 4.85. The first-order valence-corrected chi connectivity index (χ1v) is 7.22. The van der Waals surface area contributed by atoms with Gasteiger partial charge in [-0.05, 0) is 37.0 Å². The van der Waals surface area contributed by atoms with Crippen LogP contribution in [0.5, 0.6) is 0 Å². The third-order valence-corrected chi connectivity index (χ3v) is 5.09. The highest BCUT2D eigenvalue weighted by Crippen LogP contribution is 2.49. The third kappa shape index (κ3) is 2.34. The normalized spacial score (nSPS) is 30.9. The van der Waals surface area contributed by atoms with Crippen molar-refractivity contribution in [2.75, 3.05) is 17.2 Å². The van der Waals surface area contributed by atoms with E-state index in [2.05, 4.69) is 9.97 Å². The van der Waals surface area contributed by atoms with E-state index in [4.69, 9.17) is 11.5 Å². The molecule has 5 heteroatoms. The molecule has 0 radical (unpaired) electrons. The molecule has 2 saturated carbocycles. The fourth-order valence-electron chi connectivity index (χ4n) is 3.29. The average Bonchev–Trinajstić information content (AvgIpc) is 2.86. The van der Waals surface area contributed by atoms with Crippen molar-refractivity contribution in [3.05, 3.63) is 6.07 Å². The molecular weight excluding hydrogens is 232 g/mol. The summed E-state index contributed by atoms with van der Waals surface area (Å²) in [5, 5.41) is 0.727. The Bertz CT molecular complexity index is 403. The molecule has 2 bridgehead atoms. The van der Waals surface area contributed by atoms with Crippen LogP contribution >= 0.6 is 11.8 Å². The van der Waals surface area contributed by atoms with Crippen molar-refractivity contribution >= 4 is 23.4 Å². The number of hydrogen-bond donors (Lipinski definition) is 2. The monoisotopic (exact) mass is 250 g/mol. The van der Waals surface area contributed by atoms with Gasteiger partial charge in [0.15, 0.2) is 5.16 Å². The number of rotatable bonds is 3. The second kappa shape index (κ2) is 4.37. The lowest BCUT2D eigenvalue weighted by molar-refractivity contribution is 0.365. The maximum Gasteiger partial charge on any atom is 0.191 e. The lowest BCUT2D eigenvalue weighted by Crippen LogP contribution is -2.13. The highest BCUT2D eigenvalue weighted by Gasteiger charge is 2.39. The summed E-state index contributed by atoms with van der Waals surface area (Å²) < 4.78 is 0. The van der Waals surface area contributed by atoms with Gasteiger partial charge in [-0.15, -0.1) is 0 Å². The number of aromatic nitrogens is 2. The number of nitrogens with two attached hydrogens (primary N) is 2. The van der Waals surface area contributed by atoms with Crippen molar-refractivity contribution in [3.8, 4) is 0 Å². The molecule has 0 saturated heterocycles. The highest BCUT2D eigenvalue weighted by molar-refractivity contribution is 7.99. The first-order valence-electron chi connectivity index (χ1n) is 6.23. The molecule has 2 aliphatic carbocycles. The van der Waals surface area contributed by atoms with Crippen molar-refractivity contribution in [3.63, 3.8) is 0 Å². The van der Waals surface area contributed by atoms with Crippen molar-refractivity contribution < 1.29 is 0 Å². The molecule has 0 aliphatic heterocycles. The van der Waals surface area contributed by atoms with Crippen LogP contribution in [0.2, 0.25) is 0 Å². The Morgan fingerprint density at radius 3 is 2.53 bits per heavy atom. The van der Waals surface area contributed by atoms with Gasteiger partial charge < -0.3 is 11.5 Å². The topological polar surface area (TPSA) is 77.8 Å². The Hall–Kier alpha value is -0.970. The van der Waals surface area contributed by atoms with Gasteiger partial charge in [0.05, 0.1) is 0 Å². The van der Waals surface area contributed by atoms with Crippen molar-refractivity contribution in [1.82, 2.24) is 9.97 Å². The molecule has 92 valence electrons. The first kappa shape index (κ1) is 11.1. The van der Waals surface area contributed by atoms with Crippen LogP contribution in [0.25, 0.3) is 0 Å². The molecule has 1 aromatic heterocycles. The molecule has 3 atom stereocenters. The van der Waals surface area contributed by atoms with Gasteiger partial charge in [-0.2, -0.15) is 0 Å². The summed E-state index contributed by atoms with van der Waals surface area (Å²) >= 11 is 1.70. The predicted molar refractivity (Wildman–Crippen MR) is 70.5 cm³/mol. The second-order valence-electron chi connectivity index (χ2n) is 5.25. The SMILES string of the molecule is Nc1cc(N)nc(SCC2CC3CCC2C3)n1. The quantitative estimate of drug-likeness (QED) is 0.635. The van der Waals surface area contributed by atoms with Gasteiger partial charge in [0.25, 0.3) is 0 Å². The van der Waals surface area contributed by atoms with E-state index in [9.17, 15) is 0 Å². The smallest absolute Gasteiger partial charge is 0.191 e. The predicted octanol–water partition coefficient (Wildman–Crippen LogP) is 2.17. The number of nitrogens with zero attached hydrogens (tertiary/aromatic N) is 2. The van der Waals surface area contributed by atoms with Gasteiger partial charge in [0, 0.05) is 11.8 Å². The molecule has 17 heavy (non-hydrogen) atoms. The molecular formula is C12H18N4S. The molecule has 1 heterocycles. The molecule has 0 aromatic carbocycles. The summed E-state index contributed by atoms with van der Waals surface area (Å²) in [6.07, 6.45) is 5.73. The van der Waals surface area contributed by atoms with Gasteiger partial charge in [0.2, 0.25) is 0 Å². The average molecular weight is 250 g/mol. The highest BCUT2D eigenvalue weighted by atomic mass is 32.2. The van der Waals surface area contributed by atoms with Crippen LogP contribution in [0.3, 0.4) is 0 Å². The zero-order chi connectivity index (χ0) is 11.8. The molecule has 1 aromatic rings. The molecule has 2 fully saturated rings. The molecule has 4 N–H and O–H groups in total. The fourth-order valence-corrected chi connectivity index (χ4v) is 4.40. The van der Waals surface area contributed by atoms with Crippen LogP contribution in [0, 0.1) is 17.8 Å². The Morgan fingerprint density at radius 1 is 1.18 bits per heavy atom. The summed E-state index contributed by atoms with van der Waals surface area (Å²) in [6.45, 7) is 0. The van der Waals surface area contributed by atoms with Crippen LogP contribution in [0.1, 0.15) is 25.7 Å². The molecule has 0 amide bonds. The number of thioether (sulfide) groups is 1. The van der Waals surface area contributed by atoms with Crippen LogP contribution in [0.4, 0.5) is 11.6 Å². The number of fused-ring (bicyclic) bond motifs is 2. The summed E-state index contributed by atoms with van der Waals surface area (Å²) in [4.78, 5) is 8.41. The van der Waals surface area contributed by atoms with Gasteiger partial charge >= 0.3 is 0 Å². The summed E-state index contributed by atoms with van der Waals surface area (Å²) in [5.41, 5.74) is 11.3. The maximum absolute atomic E-state index is 5.66. The molecule has 4 nitrogen and oxygen atoms in total. The lowest BCUT2D eigenvalue weighted by atomic mass is 9.90. The van der Waals surface area contributed by atoms with E-state index in [1.54, 1.807) is 17.8 Å². The molecule has 3 unspecified atom stereocenters. The van der Waals surface area contributed by atoms with Crippen molar-refractivity contribution in [2.24, 2.45) is 17.8 Å². The van der Waals surface area contributed by atoms with E-state index in [1.165, 1.54) is 25.7 Å². The number of nitrogen functional groups attached to an aromatic ring is 2. The Kier molecular flexibility index (Phi) is 2.86. The first-order chi connectivity index (χ1) is 8.20. The van der Waals surface area contributed by atoms with E-state index < -0.39 is 0 Å². The van der Waals surface area contributed by atoms with E-state index in [-0.39, 0.29) is 0 Å². The third-order valence-electron chi connectivity index (χ3n) is 4.06. The minimum atomic E-state index is 0.466. The Balaban J connectivity index is 1.60. The van der Waals surface area contributed by atoms with E-state index in [1.807, 2.05) is 0 Å². The van der Waals surface area contributed by atoms with Crippen molar-refractivity contribution in [2.45, 2.75) is 30.8 Å². The van der Waals surface area contributed by atoms with Crippen LogP contribution in [-0.2, 0) is 0 Å². The largest absolute Gasteiger partial charge is 0.383 e. The van der Waals surface area contributed by atoms with E-state index in [0.29, 0.717) is 11.6 Å². The number of hydrogen-bond acceptors (Lipinski definition) is 5.